The van der Waals surface area contributed by atoms with E-state index in [9.17, 15) is 14.4 Å². The molecular formula is C15H20N2O4. The molecule has 1 atom stereocenters. The normalized spacial score (nSPS) is 18.6. The number of ketones is 1. The summed E-state index contributed by atoms with van der Waals surface area (Å²) in [5.74, 6) is -1.68. The highest BCUT2D eigenvalue weighted by Crippen LogP contribution is 2.23. The standard InChI is InChI=1S/C15H20N2O4/c1-8-12(10(3)18)9(2)16-13(8)14(19)17-6-4-5-11(7-17)15(20)21/h11,16H,4-7H2,1-3H3,(H,20,21). The number of aromatic amines is 1. The van der Waals surface area contributed by atoms with Crippen molar-refractivity contribution in [3.05, 3.63) is 22.5 Å². The first-order valence-electron chi connectivity index (χ1n) is 7.05. The van der Waals surface area contributed by atoms with E-state index in [4.69, 9.17) is 5.11 Å². The van der Waals surface area contributed by atoms with E-state index < -0.39 is 11.9 Å². The number of carbonyl (C=O) groups is 3. The molecule has 114 valence electrons. The van der Waals surface area contributed by atoms with Gasteiger partial charge in [-0.05, 0) is 39.2 Å². The fourth-order valence-corrected chi connectivity index (χ4v) is 3.01. The van der Waals surface area contributed by atoms with Crippen LogP contribution in [0.5, 0.6) is 0 Å². The van der Waals surface area contributed by atoms with Gasteiger partial charge in [0.25, 0.3) is 5.91 Å². The number of aromatic nitrogens is 1. The maximum Gasteiger partial charge on any atom is 0.308 e. The van der Waals surface area contributed by atoms with Gasteiger partial charge in [0.05, 0.1) is 5.92 Å². The quantitative estimate of drug-likeness (QED) is 0.831. The highest BCUT2D eigenvalue weighted by atomic mass is 16.4. The van der Waals surface area contributed by atoms with Crippen LogP contribution in [0.25, 0.3) is 0 Å². The molecule has 1 fully saturated rings. The highest BCUT2D eigenvalue weighted by Gasteiger charge is 2.30. The number of carboxylic acid groups (broad SMARTS) is 1. The minimum atomic E-state index is -0.865. The Labute approximate surface area is 123 Å². The van der Waals surface area contributed by atoms with Crippen molar-refractivity contribution in [1.29, 1.82) is 0 Å². The van der Waals surface area contributed by atoms with E-state index in [1.165, 1.54) is 6.92 Å². The molecule has 0 saturated carbocycles. The van der Waals surface area contributed by atoms with Crippen molar-refractivity contribution in [1.82, 2.24) is 9.88 Å². The van der Waals surface area contributed by atoms with Gasteiger partial charge in [-0.15, -0.1) is 0 Å². The molecule has 2 heterocycles. The number of rotatable bonds is 3. The molecule has 2 N–H and O–H groups in total. The second-order valence-corrected chi connectivity index (χ2v) is 5.61. The fourth-order valence-electron chi connectivity index (χ4n) is 3.01. The number of piperidine rings is 1. The number of amides is 1. The molecule has 1 saturated heterocycles. The summed E-state index contributed by atoms with van der Waals surface area (Å²) in [4.78, 5) is 39.8. The van der Waals surface area contributed by atoms with Crippen molar-refractivity contribution in [3.63, 3.8) is 0 Å². The van der Waals surface area contributed by atoms with Crippen LogP contribution in [0.2, 0.25) is 0 Å². The van der Waals surface area contributed by atoms with Crippen LogP contribution in [-0.4, -0.2) is 45.7 Å². The molecule has 2 rings (SSSR count). The smallest absolute Gasteiger partial charge is 0.308 e. The monoisotopic (exact) mass is 292 g/mol. The third-order valence-corrected chi connectivity index (χ3v) is 4.06. The van der Waals surface area contributed by atoms with Crippen molar-refractivity contribution < 1.29 is 19.5 Å². The molecule has 0 radical (unpaired) electrons. The number of hydrogen-bond acceptors (Lipinski definition) is 3. The zero-order valence-electron chi connectivity index (χ0n) is 12.5. The Hall–Kier alpha value is -2.11. The van der Waals surface area contributed by atoms with Gasteiger partial charge in [-0.2, -0.15) is 0 Å². The van der Waals surface area contributed by atoms with Crippen molar-refractivity contribution in [2.75, 3.05) is 13.1 Å². The molecule has 1 aromatic heterocycles. The van der Waals surface area contributed by atoms with E-state index >= 15 is 0 Å². The SMILES string of the molecule is CC(=O)c1c(C)[nH]c(C(=O)N2CCCC(C(=O)O)C2)c1C. The molecule has 1 aliphatic rings. The molecule has 1 aromatic rings. The van der Waals surface area contributed by atoms with Crippen LogP contribution in [0.3, 0.4) is 0 Å². The van der Waals surface area contributed by atoms with E-state index in [-0.39, 0.29) is 18.2 Å². The number of Topliss-reactive ketones (excluding diaryl/α,β-unsaturated/α-hetero) is 1. The zero-order valence-corrected chi connectivity index (χ0v) is 12.5. The second kappa shape index (κ2) is 5.71. The first kappa shape index (κ1) is 15.3. The Morgan fingerprint density at radius 3 is 2.48 bits per heavy atom. The molecule has 21 heavy (non-hydrogen) atoms. The number of carboxylic acids is 1. The van der Waals surface area contributed by atoms with E-state index in [0.29, 0.717) is 41.9 Å². The van der Waals surface area contributed by atoms with Gasteiger partial charge in [-0.1, -0.05) is 0 Å². The summed E-state index contributed by atoms with van der Waals surface area (Å²) in [7, 11) is 0. The Balaban J connectivity index is 2.26. The predicted octanol–water partition coefficient (Wildman–Crippen LogP) is 1.77. The van der Waals surface area contributed by atoms with Gasteiger partial charge < -0.3 is 15.0 Å². The minimum Gasteiger partial charge on any atom is -0.481 e. The van der Waals surface area contributed by atoms with Gasteiger partial charge in [0.2, 0.25) is 0 Å². The van der Waals surface area contributed by atoms with Crippen molar-refractivity contribution in [2.45, 2.75) is 33.6 Å². The van der Waals surface area contributed by atoms with Crippen LogP contribution < -0.4 is 0 Å². The summed E-state index contributed by atoms with van der Waals surface area (Å²) < 4.78 is 0. The van der Waals surface area contributed by atoms with E-state index in [1.807, 2.05) is 0 Å². The Morgan fingerprint density at radius 1 is 1.29 bits per heavy atom. The number of aliphatic carboxylic acids is 1. The fraction of sp³-hybridized carbons (Fsp3) is 0.533. The molecule has 0 bridgehead atoms. The lowest BCUT2D eigenvalue weighted by Crippen LogP contribution is -2.42. The molecule has 6 heteroatoms. The number of nitrogens with zero attached hydrogens (tertiary/aromatic N) is 1. The summed E-state index contributed by atoms with van der Waals surface area (Å²) >= 11 is 0. The van der Waals surface area contributed by atoms with E-state index in [0.717, 1.165) is 0 Å². The van der Waals surface area contributed by atoms with Crippen LogP contribution in [0.1, 0.15) is 51.9 Å². The molecular weight excluding hydrogens is 272 g/mol. The van der Waals surface area contributed by atoms with Crippen LogP contribution in [-0.2, 0) is 4.79 Å². The summed E-state index contributed by atoms with van der Waals surface area (Å²) in [6.07, 6.45) is 1.28. The summed E-state index contributed by atoms with van der Waals surface area (Å²) in [5, 5.41) is 9.09. The van der Waals surface area contributed by atoms with Gasteiger partial charge >= 0.3 is 5.97 Å². The Kier molecular flexibility index (Phi) is 4.16. The van der Waals surface area contributed by atoms with Crippen molar-refractivity contribution in [3.8, 4) is 0 Å². The van der Waals surface area contributed by atoms with Gasteiger partial charge in [-0.3, -0.25) is 14.4 Å². The largest absolute Gasteiger partial charge is 0.481 e. The van der Waals surface area contributed by atoms with Gasteiger partial charge in [0.1, 0.15) is 5.69 Å². The number of likely N-dealkylation sites (tertiary alicyclic amines) is 1. The molecule has 0 aromatic carbocycles. The van der Waals surface area contributed by atoms with Crippen LogP contribution in [0, 0.1) is 19.8 Å². The molecule has 1 unspecified atom stereocenters. The van der Waals surface area contributed by atoms with E-state index in [2.05, 4.69) is 4.98 Å². The van der Waals surface area contributed by atoms with Gasteiger partial charge in [0.15, 0.2) is 5.78 Å². The maximum atomic E-state index is 12.6. The number of aryl methyl sites for hydroxylation is 1. The van der Waals surface area contributed by atoms with Crippen LogP contribution >= 0.6 is 0 Å². The molecule has 6 nitrogen and oxygen atoms in total. The third kappa shape index (κ3) is 2.84. The van der Waals surface area contributed by atoms with E-state index in [1.54, 1.807) is 18.7 Å². The molecule has 1 aliphatic heterocycles. The molecule has 0 aliphatic carbocycles. The predicted molar refractivity (Wildman–Crippen MR) is 76.5 cm³/mol. The molecule has 1 amide bonds. The van der Waals surface area contributed by atoms with Crippen molar-refractivity contribution in [2.24, 2.45) is 5.92 Å². The van der Waals surface area contributed by atoms with Gasteiger partial charge in [-0.25, -0.2) is 0 Å². The summed E-state index contributed by atoms with van der Waals surface area (Å²) in [6, 6.07) is 0. The zero-order chi connectivity index (χ0) is 15.7. The van der Waals surface area contributed by atoms with Crippen LogP contribution in [0.4, 0.5) is 0 Å². The topological polar surface area (TPSA) is 90.5 Å². The highest BCUT2D eigenvalue weighted by molar-refractivity contribution is 6.02. The first-order valence-corrected chi connectivity index (χ1v) is 7.05. The molecule has 0 spiro atoms. The lowest BCUT2D eigenvalue weighted by atomic mass is 9.97. The number of H-pyrrole nitrogens is 1. The second-order valence-electron chi connectivity index (χ2n) is 5.61. The lowest BCUT2D eigenvalue weighted by Gasteiger charge is -2.30. The summed E-state index contributed by atoms with van der Waals surface area (Å²) in [5.41, 5.74) is 2.26. The maximum absolute atomic E-state index is 12.6. The average Bonchev–Trinajstić information content (AvgIpc) is 2.73. The van der Waals surface area contributed by atoms with Crippen molar-refractivity contribution >= 4 is 17.7 Å². The Bertz CT molecular complexity index is 603. The Morgan fingerprint density at radius 2 is 1.95 bits per heavy atom. The van der Waals surface area contributed by atoms with Crippen LogP contribution in [0.15, 0.2) is 0 Å². The number of nitrogens with one attached hydrogen (secondary N) is 1. The number of carbonyl (C=O) groups excluding carboxylic acids is 2. The minimum absolute atomic E-state index is 0.0812. The average molecular weight is 292 g/mol. The third-order valence-electron chi connectivity index (χ3n) is 4.06. The summed E-state index contributed by atoms with van der Waals surface area (Å²) in [6.45, 7) is 5.75. The van der Waals surface area contributed by atoms with Gasteiger partial charge in [0, 0.05) is 24.3 Å². The first-order chi connectivity index (χ1) is 9.82. The number of hydrogen-bond donors (Lipinski definition) is 2. The lowest BCUT2D eigenvalue weighted by molar-refractivity contribution is -0.143.